The summed E-state index contributed by atoms with van der Waals surface area (Å²) in [5.74, 6) is -0.710. The summed E-state index contributed by atoms with van der Waals surface area (Å²) in [5, 5.41) is 0. The molecule has 2 N–H and O–H groups in total. The third kappa shape index (κ3) is 6.79. The number of likely N-dealkylation sites (N-methyl/N-ethyl adjacent to an activating group) is 1. The van der Waals surface area contributed by atoms with Crippen molar-refractivity contribution in [2.45, 2.75) is 39.8 Å². The Balaban J connectivity index is 2.10. The Kier molecular flexibility index (Phi) is 7.72. The molecular formula is C19H29N7O5. The molecule has 0 bridgehead atoms. The van der Waals surface area contributed by atoms with Gasteiger partial charge in [-0.3, -0.25) is 9.59 Å². The highest BCUT2D eigenvalue weighted by atomic mass is 16.6. The molecule has 170 valence electrons. The SMILES string of the molecule is CCOC(=O)CN(CCN(C)C(=O)OC(C)(C)C)C(=O)Cn1cnc2c(N)ncnc21. The summed E-state index contributed by atoms with van der Waals surface area (Å²) in [5.41, 5.74) is 5.93. The number of esters is 1. The number of imidazole rings is 1. The number of nitrogen functional groups attached to an aromatic ring is 1. The number of anilines is 1. The maximum Gasteiger partial charge on any atom is 0.410 e. The number of nitrogens with zero attached hydrogens (tertiary/aromatic N) is 6. The summed E-state index contributed by atoms with van der Waals surface area (Å²) in [6, 6.07) is 0. The van der Waals surface area contributed by atoms with Gasteiger partial charge in [-0.2, -0.15) is 0 Å². The third-order valence-electron chi connectivity index (χ3n) is 4.12. The first kappa shape index (κ1) is 23.8. The third-order valence-corrected chi connectivity index (χ3v) is 4.12. The number of rotatable bonds is 8. The zero-order valence-electron chi connectivity index (χ0n) is 18.5. The monoisotopic (exact) mass is 435 g/mol. The lowest BCUT2D eigenvalue weighted by atomic mass is 10.2. The topological polar surface area (TPSA) is 146 Å². The van der Waals surface area contributed by atoms with Gasteiger partial charge in [0.25, 0.3) is 0 Å². The number of carbonyl (C=O) groups is 3. The largest absolute Gasteiger partial charge is 0.465 e. The van der Waals surface area contributed by atoms with Crippen LogP contribution in [0.5, 0.6) is 0 Å². The highest BCUT2D eigenvalue weighted by molar-refractivity contribution is 5.85. The fraction of sp³-hybridized carbons (Fsp3) is 0.579. The van der Waals surface area contributed by atoms with Crippen LogP contribution in [0.2, 0.25) is 0 Å². The van der Waals surface area contributed by atoms with Crippen LogP contribution in [-0.2, 0) is 25.6 Å². The van der Waals surface area contributed by atoms with Crippen molar-refractivity contribution < 1.29 is 23.9 Å². The van der Waals surface area contributed by atoms with Crippen LogP contribution in [0, 0.1) is 0 Å². The van der Waals surface area contributed by atoms with E-state index in [9.17, 15) is 14.4 Å². The van der Waals surface area contributed by atoms with E-state index in [0.717, 1.165) is 0 Å². The molecule has 0 aliphatic carbocycles. The molecule has 0 saturated heterocycles. The lowest BCUT2D eigenvalue weighted by Gasteiger charge is -2.27. The summed E-state index contributed by atoms with van der Waals surface area (Å²) in [6.45, 7) is 7.07. The van der Waals surface area contributed by atoms with Gasteiger partial charge in [-0.15, -0.1) is 0 Å². The second-order valence-electron chi connectivity index (χ2n) is 7.83. The Morgan fingerprint density at radius 3 is 2.52 bits per heavy atom. The second kappa shape index (κ2) is 10.0. The Morgan fingerprint density at radius 1 is 1.16 bits per heavy atom. The Bertz CT molecular complexity index is 937. The normalized spacial score (nSPS) is 11.3. The minimum absolute atomic E-state index is 0.108. The van der Waals surface area contributed by atoms with Crippen molar-refractivity contribution in [1.82, 2.24) is 29.3 Å². The minimum atomic E-state index is -0.641. The first-order chi connectivity index (χ1) is 14.5. The molecule has 2 amide bonds. The van der Waals surface area contributed by atoms with Crippen LogP contribution in [0.4, 0.5) is 10.6 Å². The zero-order chi connectivity index (χ0) is 23.2. The van der Waals surface area contributed by atoms with Crippen LogP contribution in [0.1, 0.15) is 27.7 Å². The highest BCUT2D eigenvalue weighted by Crippen LogP contribution is 2.14. The average molecular weight is 435 g/mol. The van der Waals surface area contributed by atoms with Gasteiger partial charge < -0.3 is 29.6 Å². The number of hydrogen-bond acceptors (Lipinski definition) is 9. The molecular weight excluding hydrogens is 406 g/mol. The van der Waals surface area contributed by atoms with Gasteiger partial charge in [-0.25, -0.2) is 19.7 Å². The van der Waals surface area contributed by atoms with Gasteiger partial charge in [0.15, 0.2) is 11.5 Å². The van der Waals surface area contributed by atoms with E-state index in [0.29, 0.717) is 11.2 Å². The van der Waals surface area contributed by atoms with E-state index in [1.807, 2.05) is 0 Å². The molecule has 0 atom stereocenters. The number of fused-ring (bicyclic) bond motifs is 1. The highest BCUT2D eigenvalue weighted by Gasteiger charge is 2.23. The van der Waals surface area contributed by atoms with E-state index in [1.165, 1.54) is 27.0 Å². The van der Waals surface area contributed by atoms with Crippen LogP contribution in [0.3, 0.4) is 0 Å². The van der Waals surface area contributed by atoms with Gasteiger partial charge in [0.2, 0.25) is 5.91 Å². The van der Waals surface area contributed by atoms with Crippen molar-refractivity contribution in [1.29, 1.82) is 0 Å². The molecule has 0 spiro atoms. The van der Waals surface area contributed by atoms with Gasteiger partial charge in [-0.1, -0.05) is 0 Å². The zero-order valence-corrected chi connectivity index (χ0v) is 18.5. The number of aromatic nitrogens is 4. The predicted octanol–water partition coefficient (Wildman–Crippen LogP) is 0.667. The first-order valence-electron chi connectivity index (χ1n) is 9.80. The average Bonchev–Trinajstić information content (AvgIpc) is 3.07. The van der Waals surface area contributed by atoms with Crippen LogP contribution in [-0.4, -0.2) is 86.2 Å². The molecule has 0 fully saturated rings. The number of nitrogens with two attached hydrogens (primary N) is 1. The molecule has 2 rings (SSSR count). The molecule has 0 saturated carbocycles. The van der Waals surface area contributed by atoms with E-state index in [2.05, 4.69) is 15.0 Å². The van der Waals surface area contributed by atoms with Gasteiger partial charge in [0.05, 0.1) is 12.9 Å². The number of ether oxygens (including phenoxy) is 2. The van der Waals surface area contributed by atoms with Gasteiger partial charge in [0, 0.05) is 20.1 Å². The predicted molar refractivity (Wildman–Crippen MR) is 112 cm³/mol. The molecule has 0 aliphatic heterocycles. The van der Waals surface area contributed by atoms with Crippen molar-refractivity contribution in [3.05, 3.63) is 12.7 Å². The van der Waals surface area contributed by atoms with Crippen LogP contribution < -0.4 is 5.73 Å². The smallest absolute Gasteiger partial charge is 0.410 e. The summed E-state index contributed by atoms with van der Waals surface area (Å²) >= 11 is 0. The van der Waals surface area contributed by atoms with Crippen molar-refractivity contribution in [3.8, 4) is 0 Å². The number of hydrogen-bond donors (Lipinski definition) is 1. The van der Waals surface area contributed by atoms with Crippen molar-refractivity contribution >= 4 is 35.0 Å². The number of amides is 2. The fourth-order valence-corrected chi connectivity index (χ4v) is 2.62. The molecule has 0 aliphatic rings. The quantitative estimate of drug-likeness (QED) is 0.591. The standard InChI is InChI=1S/C19H29N7O5/c1-6-30-14(28)10-25(8-7-24(5)18(29)31-19(2,3)4)13(27)9-26-12-23-15-16(20)21-11-22-17(15)26/h11-12H,6-10H2,1-5H3,(H2,20,21,22). The van der Waals surface area contributed by atoms with Gasteiger partial charge >= 0.3 is 12.1 Å². The molecule has 0 unspecified atom stereocenters. The van der Waals surface area contributed by atoms with E-state index in [1.54, 1.807) is 34.7 Å². The van der Waals surface area contributed by atoms with E-state index < -0.39 is 17.7 Å². The van der Waals surface area contributed by atoms with E-state index >= 15 is 0 Å². The van der Waals surface area contributed by atoms with Crippen LogP contribution in [0.25, 0.3) is 11.2 Å². The van der Waals surface area contributed by atoms with Crippen molar-refractivity contribution in [2.24, 2.45) is 0 Å². The summed E-state index contributed by atoms with van der Waals surface area (Å²) in [6.07, 6.45) is 2.19. The van der Waals surface area contributed by atoms with E-state index in [4.69, 9.17) is 15.2 Å². The Morgan fingerprint density at radius 2 is 1.87 bits per heavy atom. The number of carbonyl (C=O) groups excluding carboxylic acids is 3. The maximum atomic E-state index is 13.0. The molecule has 0 radical (unpaired) electrons. The summed E-state index contributed by atoms with van der Waals surface area (Å²) in [4.78, 5) is 51.9. The van der Waals surface area contributed by atoms with E-state index in [-0.39, 0.29) is 44.5 Å². The maximum absolute atomic E-state index is 13.0. The molecule has 12 heteroatoms. The summed E-state index contributed by atoms with van der Waals surface area (Å²) in [7, 11) is 1.56. The Labute approximate surface area is 180 Å². The minimum Gasteiger partial charge on any atom is -0.465 e. The second-order valence-corrected chi connectivity index (χ2v) is 7.83. The fourth-order valence-electron chi connectivity index (χ4n) is 2.62. The Hall–Kier alpha value is -3.44. The lowest BCUT2D eigenvalue weighted by molar-refractivity contribution is -0.149. The summed E-state index contributed by atoms with van der Waals surface area (Å²) < 4.78 is 11.8. The van der Waals surface area contributed by atoms with Crippen LogP contribution in [0.15, 0.2) is 12.7 Å². The molecule has 2 aromatic heterocycles. The molecule has 2 heterocycles. The molecule has 0 aromatic carbocycles. The first-order valence-corrected chi connectivity index (χ1v) is 9.80. The van der Waals surface area contributed by atoms with Crippen molar-refractivity contribution in [3.63, 3.8) is 0 Å². The van der Waals surface area contributed by atoms with Gasteiger partial charge in [0.1, 0.15) is 30.5 Å². The van der Waals surface area contributed by atoms with Crippen LogP contribution >= 0.6 is 0 Å². The molecule has 31 heavy (non-hydrogen) atoms. The van der Waals surface area contributed by atoms with Gasteiger partial charge in [-0.05, 0) is 27.7 Å². The molecule has 12 nitrogen and oxygen atoms in total. The molecule has 2 aromatic rings. The van der Waals surface area contributed by atoms with Crippen molar-refractivity contribution in [2.75, 3.05) is 39.0 Å². The lowest BCUT2D eigenvalue weighted by Crippen LogP contribution is -2.44.